The first-order valence-electron chi connectivity index (χ1n) is 6.65. The molecule has 0 aliphatic carbocycles. The van der Waals surface area contributed by atoms with Crippen LogP contribution in [0.25, 0.3) is 0 Å². The van der Waals surface area contributed by atoms with Crippen LogP contribution in [0.3, 0.4) is 0 Å². The first-order chi connectivity index (χ1) is 9.97. The van der Waals surface area contributed by atoms with Crippen molar-refractivity contribution in [3.8, 4) is 0 Å². The number of fused-ring (bicyclic) bond motifs is 1. The fraction of sp³-hybridized carbons (Fsp3) is 0.667. The lowest BCUT2D eigenvalue weighted by Crippen LogP contribution is -2.56. The quantitative estimate of drug-likeness (QED) is 0.661. The highest BCUT2D eigenvalue weighted by Gasteiger charge is 2.37. The maximum atomic E-state index is 11.9. The zero-order chi connectivity index (χ0) is 15.4. The van der Waals surface area contributed by atoms with Crippen LogP contribution >= 0.6 is 0 Å². The van der Waals surface area contributed by atoms with Gasteiger partial charge in [0.2, 0.25) is 5.91 Å². The van der Waals surface area contributed by atoms with Gasteiger partial charge in [0, 0.05) is 32.1 Å². The molecule has 0 radical (unpaired) electrons. The lowest BCUT2D eigenvalue weighted by molar-refractivity contribution is -0.143. The molecule has 9 nitrogen and oxygen atoms in total. The van der Waals surface area contributed by atoms with Crippen LogP contribution < -0.4 is 5.32 Å². The summed E-state index contributed by atoms with van der Waals surface area (Å²) < 4.78 is 4.59. The highest BCUT2D eigenvalue weighted by molar-refractivity contribution is 5.95. The molecule has 21 heavy (non-hydrogen) atoms. The number of imide groups is 1. The Morgan fingerprint density at radius 3 is 2.76 bits per heavy atom. The summed E-state index contributed by atoms with van der Waals surface area (Å²) in [7, 11) is 0. The Bertz CT molecular complexity index is 466. The molecule has 2 aliphatic rings. The van der Waals surface area contributed by atoms with Crippen LogP contribution in [0.2, 0.25) is 0 Å². The molecule has 2 N–H and O–H groups in total. The Morgan fingerprint density at radius 1 is 1.29 bits per heavy atom. The maximum Gasteiger partial charge on any atom is 0.329 e. The summed E-state index contributed by atoms with van der Waals surface area (Å²) in [6.45, 7) is 0.170. The van der Waals surface area contributed by atoms with Gasteiger partial charge >= 0.3 is 12.0 Å². The molecule has 1 atom stereocenters. The molecule has 4 amide bonds. The van der Waals surface area contributed by atoms with Crippen molar-refractivity contribution in [3.63, 3.8) is 0 Å². The van der Waals surface area contributed by atoms with Crippen molar-refractivity contribution in [1.29, 1.82) is 0 Å². The van der Waals surface area contributed by atoms with Gasteiger partial charge in [0.15, 0.2) is 0 Å². The second-order valence-electron chi connectivity index (χ2n) is 4.97. The van der Waals surface area contributed by atoms with E-state index in [1.165, 1.54) is 4.90 Å². The molecule has 0 bridgehead atoms. The van der Waals surface area contributed by atoms with Gasteiger partial charge in [-0.3, -0.25) is 14.9 Å². The third-order valence-corrected chi connectivity index (χ3v) is 3.49. The summed E-state index contributed by atoms with van der Waals surface area (Å²) in [5.74, 6) is -1.76. The number of amides is 4. The van der Waals surface area contributed by atoms with Crippen LogP contribution in [0.4, 0.5) is 4.79 Å². The van der Waals surface area contributed by atoms with Crippen molar-refractivity contribution in [3.05, 3.63) is 0 Å². The van der Waals surface area contributed by atoms with Crippen molar-refractivity contribution < 1.29 is 29.0 Å². The molecule has 2 heterocycles. The minimum atomic E-state index is -1.18. The largest absolute Gasteiger partial charge is 0.480 e. The van der Waals surface area contributed by atoms with Gasteiger partial charge in [-0.1, -0.05) is 0 Å². The Hall–Kier alpha value is -2.16. The lowest BCUT2D eigenvalue weighted by Gasteiger charge is -2.37. The van der Waals surface area contributed by atoms with Crippen molar-refractivity contribution in [2.24, 2.45) is 0 Å². The standard InChI is InChI=1S/C12H17N3O6/c16-9(6-21-7-11(18)19)13-12(20)14-3-4-15-8(5-14)1-2-10(15)17/h8H,1-7H2,(H,18,19)(H,13,16,20). The highest BCUT2D eigenvalue weighted by atomic mass is 16.5. The Labute approximate surface area is 120 Å². The van der Waals surface area contributed by atoms with Crippen LogP contribution in [0.15, 0.2) is 0 Å². The third kappa shape index (κ3) is 3.91. The molecule has 0 aromatic heterocycles. The number of carbonyl (C=O) groups excluding carboxylic acids is 3. The van der Waals surface area contributed by atoms with Gasteiger partial charge < -0.3 is 19.6 Å². The first kappa shape index (κ1) is 15.2. The molecule has 0 aromatic carbocycles. The van der Waals surface area contributed by atoms with Gasteiger partial charge in [0.05, 0.1) is 0 Å². The van der Waals surface area contributed by atoms with Gasteiger partial charge in [-0.05, 0) is 6.42 Å². The van der Waals surface area contributed by atoms with Crippen molar-refractivity contribution in [2.45, 2.75) is 18.9 Å². The van der Waals surface area contributed by atoms with Crippen LogP contribution in [0.1, 0.15) is 12.8 Å². The summed E-state index contributed by atoms with van der Waals surface area (Å²) in [5.41, 5.74) is 0. The lowest BCUT2D eigenvalue weighted by atomic mass is 10.2. The van der Waals surface area contributed by atoms with E-state index in [9.17, 15) is 19.2 Å². The van der Waals surface area contributed by atoms with E-state index in [0.717, 1.165) is 6.42 Å². The molecule has 9 heteroatoms. The summed E-state index contributed by atoms with van der Waals surface area (Å²) in [6, 6.07) is -0.520. The number of ether oxygens (including phenoxy) is 1. The van der Waals surface area contributed by atoms with Gasteiger partial charge in [0.1, 0.15) is 13.2 Å². The predicted molar refractivity (Wildman–Crippen MR) is 68.3 cm³/mol. The van der Waals surface area contributed by atoms with Crippen molar-refractivity contribution >= 4 is 23.8 Å². The first-order valence-corrected chi connectivity index (χ1v) is 6.65. The minimum Gasteiger partial charge on any atom is -0.480 e. The number of hydrogen-bond donors (Lipinski definition) is 2. The van der Waals surface area contributed by atoms with E-state index in [2.05, 4.69) is 10.1 Å². The summed E-state index contributed by atoms with van der Waals surface area (Å²) in [6.07, 6.45) is 1.22. The minimum absolute atomic E-state index is 0.0235. The van der Waals surface area contributed by atoms with E-state index >= 15 is 0 Å². The topological polar surface area (TPSA) is 116 Å². The number of nitrogens with zero attached hydrogens (tertiary/aromatic N) is 2. The molecule has 0 aromatic rings. The number of rotatable bonds is 4. The van der Waals surface area contributed by atoms with Gasteiger partial charge in [0.25, 0.3) is 5.91 Å². The third-order valence-electron chi connectivity index (χ3n) is 3.49. The molecule has 0 saturated carbocycles. The van der Waals surface area contributed by atoms with Crippen molar-refractivity contribution in [2.75, 3.05) is 32.8 Å². The predicted octanol–water partition coefficient (Wildman–Crippen LogP) is -1.37. The number of urea groups is 1. The maximum absolute atomic E-state index is 11.9. The SMILES string of the molecule is O=C(O)COCC(=O)NC(=O)N1CCN2C(=O)CCC2C1. The Balaban J connectivity index is 1.75. The molecule has 2 rings (SSSR count). The van der Waals surface area contributed by atoms with Crippen LogP contribution in [0.5, 0.6) is 0 Å². The summed E-state index contributed by atoms with van der Waals surface area (Å²) in [4.78, 5) is 48.3. The number of piperazine rings is 1. The summed E-state index contributed by atoms with van der Waals surface area (Å²) >= 11 is 0. The van der Waals surface area contributed by atoms with E-state index in [1.807, 2.05) is 0 Å². The van der Waals surface area contributed by atoms with Gasteiger partial charge in [-0.15, -0.1) is 0 Å². The average molecular weight is 299 g/mol. The zero-order valence-corrected chi connectivity index (χ0v) is 11.4. The molecule has 2 fully saturated rings. The van der Waals surface area contributed by atoms with E-state index in [4.69, 9.17) is 5.11 Å². The zero-order valence-electron chi connectivity index (χ0n) is 11.4. The van der Waals surface area contributed by atoms with E-state index in [1.54, 1.807) is 4.90 Å². The normalized spacial score (nSPS) is 21.1. The Kier molecular flexibility index (Phi) is 4.73. The molecule has 2 saturated heterocycles. The number of hydrogen-bond acceptors (Lipinski definition) is 5. The summed E-state index contributed by atoms with van der Waals surface area (Å²) in [5, 5.41) is 10.5. The number of aliphatic carboxylic acids is 1. The van der Waals surface area contributed by atoms with E-state index in [-0.39, 0.29) is 11.9 Å². The van der Waals surface area contributed by atoms with Gasteiger partial charge in [-0.2, -0.15) is 0 Å². The second kappa shape index (κ2) is 6.53. The number of carboxylic acid groups (broad SMARTS) is 1. The molecular formula is C12H17N3O6. The fourth-order valence-electron chi connectivity index (χ4n) is 2.51. The number of carbonyl (C=O) groups is 4. The van der Waals surface area contributed by atoms with Crippen molar-refractivity contribution in [1.82, 2.24) is 15.1 Å². The number of nitrogens with one attached hydrogen (secondary N) is 1. The van der Waals surface area contributed by atoms with E-state index in [0.29, 0.717) is 26.1 Å². The second-order valence-corrected chi connectivity index (χ2v) is 4.97. The van der Waals surface area contributed by atoms with Crippen LogP contribution in [0, 0.1) is 0 Å². The van der Waals surface area contributed by atoms with Crippen LogP contribution in [-0.4, -0.2) is 77.6 Å². The highest BCUT2D eigenvalue weighted by Crippen LogP contribution is 2.22. The van der Waals surface area contributed by atoms with Gasteiger partial charge in [-0.25, -0.2) is 9.59 Å². The average Bonchev–Trinajstić information content (AvgIpc) is 2.79. The molecule has 116 valence electrons. The monoisotopic (exact) mass is 299 g/mol. The molecule has 0 spiro atoms. The Morgan fingerprint density at radius 2 is 2.05 bits per heavy atom. The molecule has 1 unspecified atom stereocenters. The molecular weight excluding hydrogens is 282 g/mol. The number of carboxylic acids is 1. The smallest absolute Gasteiger partial charge is 0.329 e. The van der Waals surface area contributed by atoms with E-state index < -0.39 is 31.1 Å². The van der Waals surface area contributed by atoms with Crippen LogP contribution in [-0.2, 0) is 19.1 Å². The molecule has 2 aliphatic heterocycles. The fourth-order valence-corrected chi connectivity index (χ4v) is 2.51.